The van der Waals surface area contributed by atoms with Gasteiger partial charge in [-0.05, 0) is 4.31 Å². The van der Waals surface area contributed by atoms with Crippen LogP contribution in [0.25, 0.3) is 0 Å². The Kier molecular flexibility index (Phi) is 2.68. The summed E-state index contributed by atoms with van der Waals surface area (Å²) in [7, 11) is 0. The fourth-order valence-electron chi connectivity index (χ4n) is 0.685. The van der Waals surface area contributed by atoms with E-state index in [0.29, 0.717) is 26.3 Å². The first-order chi connectivity index (χ1) is 4.30. The minimum atomic E-state index is -2.55. The van der Waals surface area contributed by atoms with E-state index in [1.165, 1.54) is 0 Å². The van der Waals surface area contributed by atoms with Gasteiger partial charge in [-0.25, -0.2) is 0 Å². The van der Waals surface area contributed by atoms with Crippen molar-refractivity contribution in [2.75, 3.05) is 26.3 Å². The van der Waals surface area contributed by atoms with Gasteiger partial charge in [-0.3, -0.25) is 0 Å². The molecule has 1 saturated heterocycles. The summed E-state index contributed by atoms with van der Waals surface area (Å²) < 4.78 is 29.6. The topological polar surface area (TPSA) is 12.5 Å². The van der Waals surface area contributed by atoms with Gasteiger partial charge in [-0.2, -0.15) is 0 Å². The lowest BCUT2D eigenvalue weighted by Gasteiger charge is -2.15. The minimum absolute atomic E-state index is 0.371. The van der Waals surface area contributed by atoms with E-state index in [1.54, 1.807) is 0 Å². The van der Waals surface area contributed by atoms with Crippen molar-refractivity contribution in [3.05, 3.63) is 0 Å². The Balaban J connectivity index is 2.23. The summed E-state index contributed by atoms with van der Waals surface area (Å²) in [4.78, 5) is 0. The average molecular weight is 156 g/mol. The average Bonchev–Trinajstić information content (AvgIpc) is 1.90. The minimum Gasteiger partial charge on any atom is -0.378 e. The molecule has 0 aromatic carbocycles. The van der Waals surface area contributed by atoms with Crippen molar-refractivity contribution in [3.8, 4) is 0 Å². The standard InChI is InChI=1S/C4H8F2NOS/c5-9(6)7-1-3-8-4-2-7/h1-4H2/q+1. The lowest BCUT2D eigenvalue weighted by Crippen LogP contribution is -2.37. The molecule has 0 aromatic heterocycles. The van der Waals surface area contributed by atoms with E-state index >= 15 is 0 Å². The number of hydrogen-bond donors (Lipinski definition) is 0. The maximum atomic E-state index is 11.8. The van der Waals surface area contributed by atoms with Gasteiger partial charge in [0.2, 0.25) is 0 Å². The second kappa shape index (κ2) is 3.34. The van der Waals surface area contributed by atoms with Crippen LogP contribution in [0.2, 0.25) is 0 Å². The molecule has 0 unspecified atom stereocenters. The van der Waals surface area contributed by atoms with Crippen molar-refractivity contribution < 1.29 is 12.5 Å². The molecule has 2 nitrogen and oxygen atoms in total. The van der Waals surface area contributed by atoms with Crippen LogP contribution in [0.3, 0.4) is 0 Å². The van der Waals surface area contributed by atoms with E-state index in [9.17, 15) is 7.77 Å². The van der Waals surface area contributed by atoms with Crippen LogP contribution in [-0.4, -0.2) is 30.6 Å². The fraction of sp³-hybridized carbons (Fsp3) is 1.00. The molecule has 5 heteroatoms. The van der Waals surface area contributed by atoms with Crippen LogP contribution >= 0.6 is 0 Å². The molecule has 1 aliphatic heterocycles. The number of hydrogen-bond acceptors (Lipinski definition) is 2. The normalized spacial score (nSPS) is 23.0. The monoisotopic (exact) mass is 156 g/mol. The molecule has 0 amide bonds. The van der Waals surface area contributed by atoms with Crippen LogP contribution in [0.5, 0.6) is 0 Å². The number of halogens is 2. The molecule has 54 valence electrons. The van der Waals surface area contributed by atoms with Crippen LogP contribution in [0.4, 0.5) is 7.77 Å². The van der Waals surface area contributed by atoms with E-state index in [2.05, 4.69) is 0 Å². The molecule has 0 aromatic rings. The third-order valence-corrected chi connectivity index (χ3v) is 1.92. The molecule has 0 saturated carbocycles. The Hall–Kier alpha value is 0.130. The molecule has 0 atom stereocenters. The molecule has 1 aliphatic rings. The van der Waals surface area contributed by atoms with E-state index in [0.717, 1.165) is 4.31 Å². The lowest BCUT2D eigenvalue weighted by molar-refractivity contribution is 0.0728. The Labute approximate surface area is 55.9 Å². The second-order valence-electron chi connectivity index (χ2n) is 1.74. The fourth-order valence-corrected chi connectivity index (χ4v) is 1.11. The van der Waals surface area contributed by atoms with Crippen LogP contribution in [0.1, 0.15) is 0 Å². The Bertz CT molecular complexity index is 86.6. The van der Waals surface area contributed by atoms with Gasteiger partial charge in [0, 0.05) is 0 Å². The maximum Gasteiger partial charge on any atom is 0.526 e. The zero-order chi connectivity index (χ0) is 6.69. The highest BCUT2D eigenvalue weighted by Gasteiger charge is 2.33. The molecule has 1 heterocycles. The molecular formula is C4H8F2NOS+. The van der Waals surface area contributed by atoms with Crippen LogP contribution in [-0.2, 0) is 16.6 Å². The highest BCUT2D eigenvalue weighted by Crippen LogP contribution is 2.09. The quantitative estimate of drug-likeness (QED) is 0.516. The van der Waals surface area contributed by atoms with Crippen LogP contribution < -0.4 is 0 Å². The van der Waals surface area contributed by atoms with E-state index in [1.807, 2.05) is 0 Å². The van der Waals surface area contributed by atoms with Crippen molar-refractivity contribution in [1.29, 1.82) is 0 Å². The Morgan fingerprint density at radius 1 is 1.22 bits per heavy atom. The maximum absolute atomic E-state index is 11.8. The predicted octanol–water partition coefficient (Wildman–Crippen LogP) is 0.621. The lowest BCUT2D eigenvalue weighted by atomic mass is 10.5. The molecule has 9 heavy (non-hydrogen) atoms. The van der Waals surface area contributed by atoms with Gasteiger partial charge in [0.15, 0.2) is 0 Å². The molecule has 1 rings (SSSR count). The number of morpholine rings is 1. The second-order valence-corrected chi connectivity index (χ2v) is 2.65. The van der Waals surface area contributed by atoms with E-state index in [4.69, 9.17) is 4.74 Å². The SMILES string of the molecule is F[S+](F)N1CCOCC1. The van der Waals surface area contributed by atoms with Crippen molar-refractivity contribution in [3.63, 3.8) is 0 Å². The molecule has 0 bridgehead atoms. The summed E-state index contributed by atoms with van der Waals surface area (Å²) in [6, 6.07) is 0. The molecule has 0 spiro atoms. The zero-order valence-electron chi connectivity index (χ0n) is 4.85. The number of rotatable bonds is 1. The van der Waals surface area contributed by atoms with E-state index < -0.39 is 11.9 Å². The van der Waals surface area contributed by atoms with Gasteiger partial charge in [-0.15, -0.1) is 0 Å². The van der Waals surface area contributed by atoms with Gasteiger partial charge in [0.05, 0.1) is 34.1 Å². The van der Waals surface area contributed by atoms with Crippen molar-refractivity contribution in [1.82, 2.24) is 4.31 Å². The molecule has 0 N–H and O–H groups in total. The molecule has 0 radical (unpaired) electrons. The first kappa shape index (κ1) is 7.24. The molecular weight excluding hydrogens is 148 g/mol. The van der Waals surface area contributed by atoms with Gasteiger partial charge in [-0.1, -0.05) is 0 Å². The summed E-state index contributed by atoms with van der Waals surface area (Å²) in [6.07, 6.45) is 0. The van der Waals surface area contributed by atoms with Crippen molar-refractivity contribution in [2.45, 2.75) is 0 Å². The summed E-state index contributed by atoms with van der Waals surface area (Å²) in [5.74, 6) is 0. The van der Waals surface area contributed by atoms with Crippen LogP contribution in [0.15, 0.2) is 0 Å². The third kappa shape index (κ3) is 2.08. The van der Waals surface area contributed by atoms with Gasteiger partial charge >= 0.3 is 11.9 Å². The number of ether oxygens (including phenoxy) is 1. The Morgan fingerprint density at radius 3 is 2.11 bits per heavy atom. The summed E-state index contributed by atoms with van der Waals surface area (Å²) in [6.45, 7) is 1.63. The predicted molar refractivity (Wildman–Crippen MR) is 32.0 cm³/mol. The van der Waals surface area contributed by atoms with Gasteiger partial charge < -0.3 is 4.74 Å². The van der Waals surface area contributed by atoms with Crippen LogP contribution in [0, 0.1) is 0 Å². The van der Waals surface area contributed by atoms with Gasteiger partial charge in [0.1, 0.15) is 0 Å². The van der Waals surface area contributed by atoms with Crippen molar-refractivity contribution >= 4 is 11.9 Å². The zero-order valence-corrected chi connectivity index (χ0v) is 5.66. The summed E-state index contributed by atoms with van der Waals surface area (Å²) >= 11 is -2.55. The smallest absolute Gasteiger partial charge is 0.378 e. The summed E-state index contributed by atoms with van der Waals surface area (Å²) in [5.41, 5.74) is 0. The van der Waals surface area contributed by atoms with Gasteiger partial charge in [0.25, 0.3) is 0 Å². The first-order valence-corrected chi connectivity index (χ1v) is 3.68. The van der Waals surface area contributed by atoms with E-state index in [-0.39, 0.29) is 0 Å². The Morgan fingerprint density at radius 2 is 1.78 bits per heavy atom. The van der Waals surface area contributed by atoms with Crippen molar-refractivity contribution in [2.24, 2.45) is 0 Å². The first-order valence-electron chi connectivity index (χ1n) is 2.70. The largest absolute Gasteiger partial charge is 0.526 e. The highest BCUT2D eigenvalue weighted by atomic mass is 32.3. The molecule has 0 aliphatic carbocycles. The number of nitrogens with zero attached hydrogens (tertiary/aromatic N) is 1. The molecule has 1 fully saturated rings. The third-order valence-electron chi connectivity index (χ3n) is 1.17. The highest BCUT2D eigenvalue weighted by molar-refractivity contribution is 7.84. The summed E-state index contributed by atoms with van der Waals surface area (Å²) in [5, 5.41) is 0.